The number of likely N-dealkylation sites (N-methyl/N-ethyl adjacent to an activating group) is 1. The van der Waals surface area contributed by atoms with Gasteiger partial charge in [-0.3, -0.25) is 9.69 Å². The summed E-state index contributed by atoms with van der Waals surface area (Å²) in [5.41, 5.74) is 1.28. The molecule has 2 aliphatic heterocycles. The fourth-order valence-corrected chi connectivity index (χ4v) is 3.32. The third kappa shape index (κ3) is 5.12. The summed E-state index contributed by atoms with van der Waals surface area (Å²) in [5, 5.41) is 2.98. The Morgan fingerprint density at radius 3 is 2.54 bits per heavy atom. The highest BCUT2D eigenvalue weighted by atomic mass is 16.5. The van der Waals surface area contributed by atoms with Crippen LogP contribution in [0.2, 0.25) is 0 Å². The topological polar surface area (TPSA) is 73.8 Å². The number of ether oxygens (including phenoxy) is 1. The molecule has 2 aliphatic rings. The Morgan fingerprint density at radius 2 is 1.85 bits per heavy atom. The van der Waals surface area contributed by atoms with Gasteiger partial charge in [-0.25, -0.2) is 9.97 Å². The first kappa shape index (κ1) is 19.0. The van der Waals surface area contributed by atoms with Gasteiger partial charge in [-0.15, -0.1) is 0 Å². The summed E-state index contributed by atoms with van der Waals surface area (Å²) in [7, 11) is 0. The predicted molar refractivity (Wildman–Crippen MR) is 101 cm³/mol. The summed E-state index contributed by atoms with van der Waals surface area (Å²) < 4.78 is 5.34. The monoisotopic (exact) mass is 362 g/mol. The fraction of sp³-hybridized carbons (Fsp3) is 0.722. The summed E-state index contributed by atoms with van der Waals surface area (Å²) >= 11 is 0. The lowest BCUT2D eigenvalue weighted by Gasteiger charge is -2.34. The molecule has 3 rings (SSSR count). The van der Waals surface area contributed by atoms with Gasteiger partial charge in [0.1, 0.15) is 5.69 Å². The molecule has 0 unspecified atom stereocenters. The van der Waals surface area contributed by atoms with Gasteiger partial charge in [0.05, 0.1) is 13.2 Å². The van der Waals surface area contributed by atoms with Gasteiger partial charge in [0.15, 0.2) is 0 Å². The Bertz CT molecular complexity index is 597. The van der Waals surface area contributed by atoms with Gasteiger partial charge in [-0.1, -0.05) is 6.92 Å². The molecule has 1 aromatic rings. The minimum atomic E-state index is -0.128. The van der Waals surface area contributed by atoms with Crippen molar-refractivity contribution in [3.63, 3.8) is 0 Å². The van der Waals surface area contributed by atoms with Crippen molar-refractivity contribution in [2.75, 3.05) is 77.0 Å². The zero-order chi connectivity index (χ0) is 18.4. The van der Waals surface area contributed by atoms with Crippen molar-refractivity contribution >= 4 is 11.9 Å². The standard InChI is InChI=1S/C18H30N6O2/c1-3-22-6-8-24(9-7-22)18-20-15(2)14-16(21-18)17(25)19-4-5-23-10-12-26-13-11-23/h14H,3-13H2,1-2H3,(H,19,25). The Kier molecular flexibility index (Phi) is 6.76. The maximum atomic E-state index is 12.5. The minimum absolute atomic E-state index is 0.128. The molecule has 2 fully saturated rings. The summed E-state index contributed by atoms with van der Waals surface area (Å²) in [5.74, 6) is 0.538. The van der Waals surface area contributed by atoms with Crippen molar-refractivity contribution < 1.29 is 9.53 Å². The van der Waals surface area contributed by atoms with E-state index in [1.54, 1.807) is 6.07 Å². The van der Waals surface area contributed by atoms with Crippen LogP contribution in [-0.4, -0.2) is 97.8 Å². The minimum Gasteiger partial charge on any atom is -0.379 e. The molecule has 0 spiro atoms. The Hall–Kier alpha value is -1.77. The van der Waals surface area contributed by atoms with Crippen LogP contribution in [0.3, 0.4) is 0 Å². The van der Waals surface area contributed by atoms with Gasteiger partial charge in [0, 0.05) is 58.1 Å². The van der Waals surface area contributed by atoms with Gasteiger partial charge in [0.2, 0.25) is 5.95 Å². The number of anilines is 1. The van der Waals surface area contributed by atoms with Crippen LogP contribution in [0.25, 0.3) is 0 Å². The van der Waals surface area contributed by atoms with Gasteiger partial charge < -0.3 is 19.9 Å². The van der Waals surface area contributed by atoms with Crippen molar-refractivity contribution in [1.29, 1.82) is 0 Å². The number of carbonyl (C=O) groups is 1. The van der Waals surface area contributed by atoms with E-state index in [-0.39, 0.29) is 5.91 Å². The van der Waals surface area contributed by atoms with E-state index >= 15 is 0 Å². The molecule has 8 nitrogen and oxygen atoms in total. The average molecular weight is 362 g/mol. The van der Waals surface area contributed by atoms with Crippen LogP contribution in [-0.2, 0) is 4.74 Å². The summed E-state index contributed by atoms with van der Waals surface area (Å²) in [6.07, 6.45) is 0. The number of hydrogen-bond acceptors (Lipinski definition) is 7. The van der Waals surface area contributed by atoms with E-state index in [2.05, 4.69) is 36.9 Å². The number of aryl methyl sites for hydroxylation is 1. The third-order valence-electron chi connectivity index (χ3n) is 4.99. The van der Waals surface area contributed by atoms with Gasteiger partial charge in [-0.05, 0) is 19.5 Å². The molecular weight excluding hydrogens is 332 g/mol. The first-order chi connectivity index (χ1) is 12.7. The second kappa shape index (κ2) is 9.25. The maximum Gasteiger partial charge on any atom is 0.270 e. The Morgan fingerprint density at radius 1 is 1.12 bits per heavy atom. The molecule has 0 atom stereocenters. The van der Waals surface area contributed by atoms with Crippen LogP contribution in [0, 0.1) is 6.92 Å². The van der Waals surface area contributed by atoms with E-state index in [0.29, 0.717) is 18.2 Å². The van der Waals surface area contributed by atoms with E-state index in [0.717, 1.165) is 71.3 Å². The van der Waals surface area contributed by atoms with E-state index in [1.165, 1.54) is 0 Å². The number of hydrogen-bond donors (Lipinski definition) is 1. The first-order valence-corrected chi connectivity index (χ1v) is 9.57. The molecule has 26 heavy (non-hydrogen) atoms. The molecule has 0 aromatic carbocycles. The fourth-order valence-electron chi connectivity index (χ4n) is 3.32. The molecule has 144 valence electrons. The number of rotatable bonds is 6. The van der Waals surface area contributed by atoms with Gasteiger partial charge >= 0.3 is 0 Å². The van der Waals surface area contributed by atoms with Crippen molar-refractivity contribution in [1.82, 2.24) is 25.1 Å². The molecule has 3 heterocycles. The third-order valence-corrected chi connectivity index (χ3v) is 4.99. The van der Waals surface area contributed by atoms with Crippen LogP contribution in [0.4, 0.5) is 5.95 Å². The number of nitrogens with one attached hydrogen (secondary N) is 1. The van der Waals surface area contributed by atoms with Crippen molar-refractivity contribution in [3.8, 4) is 0 Å². The molecule has 1 aromatic heterocycles. The Balaban J connectivity index is 1.55. The summed E-state index contributed by atoms with van der Waals surface area (Å²) in [6, 6.07) is 1.76. The number of nitrogens with zero attached hydrogens (tertiary/aromatic N) is 5. The highest BCUT2D eigenvalue weighted by molar-refractivity contribution is 5.92. The Labute approximate surface area is 155 Å². The van der Waals surface area contributed by atoms with Crippen LogP contribution in [0.15, 0.2) is 6.07 Å². The van der Waals surface area contributed by atoms with Crippen LogP contribution in [0.1, 0.15) is 23.1 Å². The van der Waals surface area contributed by atoms with Crippen molar-refractivity contribution in [2.45, 2.75) is 13.8 Å². The normalized spacial score (nSPS) is 19.5. The number of morpholine rings is 1. The van der Waals surface area contributed by atoms with Crippen LogP contribution < -0.4 is 10.2 Å². The zero-order valence-electron chi connectivity index (χ0n) is 15.9. The quantitative estimate of drug-likeness (QED) is 0.763. The molecule has 8 heteroatoms. The molecule has 0 saturated carbocycles. The van der Waals surface area contributed by atoms with Gasteiger partial charge in [-0.2, -0.15) is 0 Å². The first-order valence-electron chi connectivity index (χ1n) is 9.57. The lowest BCUT2D eigenvalue weighted by molar-refractivity contribution is 0.0383. The second-order valence-corrected chi connectivity index (χ2v) is 6.83. The molecule has 0 bridgehead atoms. The number of piperazine rings is 1. The second-order valence-electron chi connectivity index (χ2n) is 6.83. The number of carbonyl (C=O) groups excluding carboxylic acids is 1. The zero-order valence-corrected chi connectivity index (χ0v) is 15.9. The van der Waals surface area contributed by atoms with E-state index in [1.807, 2.05) is 6.92 Å². The van der Waals surface area contributed by atoms with E-state index in [4.69, 9.17) is 4.74 Å². The molecule has 2 saturated heterocycles. The van der Waals surface area contributed by atoms with Crippen molar-refractivity contribution in [3.05, 3.63) is 17.5 Å². The SMILES string of the molecule is CCN1CCN(c2nc(C)cc(C(=O)NCCN3CCOCC3)n2)CC1. The maximum absolute atomic E-state index is 12.5. The lowest BCUT2D eigenvalue weighted by atomic mass is 10.3. The summed E-state index contributed by atoms with van der Waals surface area (Å²) in [4.78, 5) is 28.4. The smallest absolute Gasteiger partial charge is 0.270 e. The highest BCUT2D eigenvalue weighted by Gasteiger charge is 2.20. The molecule has 0 radical (unpaired) electrons. The molecule has 1 amide bonds. The lowest BCUT2D eigenvalue weighted by Crippen LogP contribution is -2.47. The molecular formula is C18H30N6O2. The number of amides is 1. The largest absolute Gasteiger partial charge is 0.379 e. The predicted octanol–water partition coefficient (Wildman–Crippen LogP) is -0.0111. The van der Waals surface area contributed by atoms with Crippen molar-refractivity contribution in [2.24, 2.45) is 0 Å². The van der Waals surface area contributed by atoms with E-state index < -0.39 is 0 Å². The molecule has 0 aliphatic carbocycles. The summed E-state index contributed by atoms with van der Waals surface area (Å²) in [6.45, 7) is 13.8. The number of aromatic nitrogens is 2. The molecule has 1 N–H and O–H groups in total. The van der Waals surface area contributed by atoms with E-state index in [9.17, 15) is 4.79 Å². The van der Waals surface area contributed by atoms with Crippen LogP contribution in [0.5, 0.6) is 0 Å². The highest BCUT2D eigenvalue weighted by Crippen LogP contribution is 2.13. The van der Waals surface area contributed by atoms with Gasteiger partial charge in [0.25, 0.3) is 5.91 Å². The van der Waals surface area contributed by atoms with Crippen LogP contribution >= 0.6 is 0 Å². The average Bonchev–Trinajstić information content (AvgIpc) is 2.68.